The number of carbonyl (C=O) groups is 5. The van der Waals surface area contributed by atoms with E-state index >= 15 is 0 Å². The lowest BCUT2D eigenvalue weighted by atomic mass is 9.77. The van der Waals surface area contributed by atoms with Crippen molar-refractivity contribution in [2.45, 2.75) is 50.2 Å². The average Bonchev–Trinajstić information content (AvgIpc) is 3.44. The van der Waals surface area contributed by atoms with Crippen molar-refractivity contribution in [3.8, 4) is 28.4 Å². The van der Waals surface area contributed by atoms with Gasteiger partial charge in [0.05, 0.1) is 73.9 Å². The molecule has 1 saturated carbocycles. The van der Waals surface area contributed by atoms with Crippen molar-refractivity contribution in [1.82, 2.24) is 24.3 Å². The lowest BCUT2D eigenvalue weighted by molar-refractivity contribution is -0.163. The van der Waals surface area contributed by atoms with Gasteiger partial charge in [-0.1, -0.05) is 6.07 Å². The van der Waals surface area contributed by atoms with Crippen LogP contribution < -0.4 is 19.8 Å². The molecule has 4 aromatic rings. The van der Waals surface area contributed by atoms with Gasteiger partial charge in [-0.2, -0.15) is 0 Å². The minimum atomic E-state index is -0.956. The highest BCUT2D eigenvalue weighted by molar-refractivity contribution is 6.24. The Morgan fingerprint density at radius 3 is 2.39 bits per heavy atom. The Kier molecular flexibility index (Phi) is 10.1. The maximum Gasteiger partial charge on any atom is 0.266 e. The number of ether oxygens (including phenoxy) is 4. The van der Waals surface area contributed by atoms with Crippen LogP contribution in [0.25, 0.3) is 21.9 Å². The van der Waals surface area contributed by atoms with Gasteiger partial charge in [0.15, 0.2) is 5.78 Å². The predicted octanol–water partition coefficient (Wildman–Crippen LogP) is 3.18. The van der Waals surface area contributed by atoms with E-state index in [1.165, 1.54) is 6.07 Å². The summed E-state index contributed by atoms with van der Waals surface area (Å²) in [5, 5.41) is 1.32. The molecule has 1 aliphatic carbocycles. The zero-order valence-electron chi connectivity index (χ0n) is 32.1. The van der Waals surface area contributed by atoms with Crippen molar-refractivity contribution in [3.05, 3.63) is 82.0 Å². The molecular formula is C42H43N5O10. The number of ketones is 2. The molecule has 0 bridgehead atoms. The van der Waals surface area contributed by atoms with E-state index in [1.807, 2.05) is 29.3 Å². The van der Waals surface area contributed by atoms with Crippen molar-refractivity contribution in [2.75, 3.05) is 53.7 Å². The van der Waals surface area contributed by atoms with Gasteiger partial charge in [0.1, 0.15) is 29.6 Å². The fraction of sp³-hybridized carbons (Fsp3) is 0.405. The molecule has 5 heterocycles. The number of imide groups is 1. The van der Waals surface area contributed by atoms with Crippen LogP contribution in [0.15, 0.2) is 59.8 Å². The van der Waals surface area contributed by atoms with Gasteiger partial charge in [-0.15, -0.1) is 0 Å². The number of aromatic nitrogens is 2. The summed E-state index contributed by atoms with van der Waals surface area (Å²) in [6.07, 6.45) is 6.23. The van der Waals surface area contributed by atoms with Crippen molar-refractivity contribution < 1.29 is 42.9 Å². The third kappa shape index (κ3) is 6.73. The molecule has 2 aromatic carbocycles. The number of carbonyl (C=O) groups excluding carboxylic acids is 5. The molecule has 8 rings (SSSR count). The number of nitrogens with zero attached hydrogens (tertiary/aromatic N) is 5. The SMILES string of the molecule is COc1cc(-c2cn(C)c(=O)c3cnccc23)cc(OC)c1CN1CCC12CN(C(=O)CCOCCOc1cccc3c1C(=O)N(C1CCC(=O)CC1=O)C3=O)C2. The molecule has 0 N–H and O–H groups in total. The van der Waals surface area contributed by atoms with E-state index in [0.717, 1.165) is 39.9 Å². The predicted molar refractivity (Wildman–Crippen MR) is 205 cm³/mol. The average molecular weight is 778 g/mol. The molecule has 57 heavy (non-hydrogen) atoms. The number of benzene rings is 2. The fourth-order valence-electron chi connectivity index (χ4n) is 8.50. The Morgan fingerprint density at radius 1 is 0.912 bits per heavy atom. The van der Waals surface area contributed by atoms with Crippen molar-refractivity contribution >= 4 is 40.1 Å². The zero-order valence-corrected chi connectivity index (χ0v) is 32.1. The van der Waals surface area contributed by atoms with E-state index in [0.29, 0.717) is 36.5 Å². The first-order valence-corrected chi connectivity index (χ1v) is 19.0. The Labute approximate surface area is 328 Å². The lowest BCUT2D eigenvalue weighted by Gasteiger charge is -2.62. The molecule has 1 unspecified atom stereocenters. The number of amides is 3. The molecular weight excluding hydrogens is 734 g/mol. The molecule has 3 amide bonds. The summed E-state index contributed by atoms with van der Waals surface area (Å²) in [5.41, 5.74) is 2.63. The summed E-state index contributed by atoms with van der Waals surface area (Å²) in [5.74, 6) is -0.247. The number of methoxy groups -OCH3 is 2. The Hall–Kier alpha value is -5.93. The van der Waals surface area contributed by atoms with E-state index in [4.69, 9.17) is 18.9 Å². The third-order valence-corrected chi connectivity index (χ3v) is 11.7. The van der Waals surface area contributed by atoms with Crippen molar-refractivity contribution in [2.24, 2.45) is 7.05 Å². The number of Topliss-reactive ketones (excluding diaryl/α,β-unsaturated/α-hetero) is 2. The molecule has 1 atom stereocenters. The second-order valence-electron chi connectivity index (χ2n) is 15.0. The summed E-state index contributed by atoms with van der Waals surface area (Å²) < 4.78 is 24.9. The Balaban J connectivity index is 0.827. The molecule has 0 radical (unpaired) electrons. The van der Waals surface area contributed by atoms with E-state index < -0.39 is 23.6 Å². The first kappa shape index (κ1) is 38.0. The summed E-state index contributed by atoms with van der Waals surface area (Å²) in [4.78, 5) is 85.8. The summed E-state index contributed by atoms with van der Waals surface area (Å²) >= 11 is 0. The van der Waals surface area contributed by atoms with Crippen LogP contribution in [0.3, 0.4) is 0 Å². The van der Waals surface area contributed by atoms with E-state index in [1.54, 1.807) is 50.4 Å². The summed E-state index contributed by atoms with van der Waals surface area (Å²) in [6.45, 7) is 3.11. The van der Waals surface area contributed by atoms with Crippen LogP contribution >= 0.6 is 0 Å². The van der Waals surface area contributed by atoms with Crippen LogP contribution in [0.5, 0.6) is 17.2 Å². The van der Waals surface area contributed by atoms with E-state index in [9.17, 15) is 28.8 Å². The number of hydrogen-bond donors (Lipinski definition) is 0. The Morgan fingerprint density at radius 2 is 1.68 bits per heavy atom. The van der Waals surface area contributed by atoms with E-state index in [-0.39, 0.29) is 85.2 Å². The first-order chi connectivity index (χ1) is 27.5. The van der Waals surface area contributed by atoms with Gasteiger partial charge >= 0.3 is 0 Å². The number of likely N-dealkylation sites (tertiary alicyclic amines) is 2. The van der Waals surface area contributed by atoms with Crippen LogP contribution in [-0.2, 0) is 32.7 Å². The third-order valence-electron chi connectivity index (χ3n) is 11.7. The van der Waals surface area contributed by atoms with Crippen LogP contribution in [0.1, 0.15) is 58.4 Å². The number of fused-ring (bicyclic) bond motifs is 2. The van der Waals surface area contributed by atoms with Gasteiger partial charge in [-0.05, 0) is 54.1 Å². The molecule has 15 heteroatoms. The highest BCUT2D eigenvalue weighted by Gasteiger charge is 2.54. The van der Waals surface area contributed by atoms with Gasteiger partial charge < -0.3 is 28.4 Å². The molecule has 2 saturated heterocycles. The molecule has 296 valence electrons. The normalized spacial score (nSPS) is 18.8. The van der Waals surface area contributed by atoms with Gasteiger partial charge in [-0.25, -0.2) is 0 Å². The smallest absolute Gasteiger partial charge is 0.266 e. The zero-order chi connectivity index (χ0) is 40.0. The summed E-state index contributed by atoms with van der Waals surface area (Å²) in [7, 11) is 4.98. The Bertz CT molecular complexity index is 2360. The molecule has 15 nitrogen and oxygen atoms in total. The lowest BCUT2D eigenvalue weighted by Crippen LogP contribution is -2.77. The summed E-state index contributed by atoms with van der Waals surface area (Å²) in [6, 6.07) is 9.54. The van der Waals surface area contributed by atoms with Gasteiger partial charge in [-0.3, -0.25) is 43.6 Å². The van der Waals surface area contributed by atoms with Gasteiger partial charge in [0, 0.05) is 63.8 Å². The molecule has 4 aliphatic rings. The maximum absolute atomic E-state index is 13.3. The highest BCUT2D eigenvalue weighted by Crippen LogP contribution is 2.44. The quantitative estimate of drug-likeness (QED) is 0.111. The standard InChI is InChI=1S/C42H43N5O10/c1-44-21-30(27-9-12-43-20-29(27)39(44)51)25-17-35(54-2)31(36(18-25)55-3)22-46-13-11-42(46)23-45(24-42)37(50)10-14-56-15-16-57-34-6-4-5-28-38(34)41(53)47(40(28)52)32-8-7-26(48)19-33(32)49/h4-6,9,12,17-18,20-21,32H,7-8,10-11,13-16,19,22-24H2,1-3H3. The largest absolute Gasteiger partial charge is 0.496 e. The van der Waals surface area contributed by atoms with Gasteiger partial charge in [0.2, 0.25) is 5.91 Å². The van der Waals surface area contributed by atoms with Crippen molar-refractivity contribution in [3.63, 3.8) is 0 Å². The van der Waals surface area contributed by atoms with Crippen LogP contribution in [0.2, 0.25) is 0 Å². The minimum absolute atomic E-state index is 0.00312. The highest BCUT2D eigenvalue weighted by atomic mass is 16.5. The number of pyridine rings is 2. The molecule has 1 spiro atoms. The number of hydrogen-bond acceptors (Lipinski definition) is 12. The van der Waals surface area contributed by atoms with Gasteiger partial charge in [0.25, 0.3) is 17.4 Å². The van der Waals surface area contributed by atoms with Crippen molar-refractivity contribution in [1.29, 1.82) is 0 Å². The fourth-order valence-corrected chi connectivity index (χ4v) is 8.50. The van der Waals surface area contributed by atoms with Crippen LogP contribution in [-0.4, -0.2) is 119 Å². The second-order valence-corrected chi connectivity index (χ2v) is 15.0. The minimum Gasteiger partial charge on any atom is -0.496 e. The monoisotopic (exact) mass is 777 g/mol. The maximum atomic E-state index is 13.3. The molecule has 2 aromatic heterocycles. The number of rotatable bonds is 13. The van der Waals surface area contributed by atoms with E-state index in [2.05, 4.69) is 9.88 Å². The topological polar surface area (TPSA) is 167 Å². The second kappa shape index (κ2) is 15.2. The van der Waals surface area contributed by atoms with Crippen LogP contribution in [0, 0.1) is 0 Å². The number of aryl methyl sites for hydroxylation is 1. The van der Waals surface area contributed by atoms with Crippen LogP contribution in [0.4, 0.5) is 0 Å². The molecule has 3 fully saturated rings. The molecule has 3 aliphatic heterocycles. The first-order valence-electron chi connectivity index (χ1n) is 19.0.